The molecule has 2 fully saturated rings. The van der Waals surface area contributed by atoms with E-state index in [1.54, 1.807) is 11.3 Å². The van der Waals surface area contributed by atoms with Gasteiger partial charge in [-0.3, -0.25) is 0 Å². The number of hydrogen-bond donors (Lipinski definition) is 1. The van der Waals surface area contributed by atoms with Crippen LogP contribution in [0.25, 0.3) is 0 Å². The molecular formula is C16H23BrOS. The maximum Gasteiger partial charge on any atom is 0.0617 e. The Balaban J connectivity index is 1.58. The number of halogens is 1. The van der Waals surface area contributed by atoms with Crippen LogP contribution < -0.4 is 0 Å². The van der Waals surface area contributed by atoms with Gasteiger partial charge in [-0.1, -0.05) is 25.7 Å². The first kappa shape index (κ1) is 14.1. The van der Waals surface area contributed by atoms with Crippen molar-refractivity contribution in [1.82, 2.24) is 0 Å². The summed E-state index contributed by atoms with van der Waals surface area (Å²) in [6.07, 6.45) is 10.3. The fourth-order valence-corrected chi connectivity index (χ4v) is 5.65. The van der Waals surface area contributed by atoms with Crippen LogP contribution in [0.1, 0.15) is 49.8 Å². The highest BCUT2D eigenvalue weighted by molar-refractivity contribution is 9.10. The average molecular weight is 343 g/mol. The van der Waals surface area contributed by atoms with Gasteiger partial charge in [-0.25, -0.2) is 0 Å². The van der Waals surface area contributed by atoms with Crippen LogP contribution in [0.4, 0.5) is 0 Å². The van der Waals surface area contributed by atoms with E-state index in [0.29, 0.717) is 5.92 Å². The summed E-state index contributed by atoms with van der Waals surface area (Å²) < 4.78 is 1.17. The Hall–Kier alpha value is 0.140. The van der Waals surface area contributed by atoms with Gasteiger partial charge in [-0.15, -0.1) is 11.3 Å². The van der Waals surface area contributed by atoms with Crippen LogP contribution in [0.2, 0.25) is 0 Å². The molecule has 1 N–H and O–H groups in total. The van der Waals surface area contributed by atoms with Crippen LogP contribution >= 0.6 is 27.3 Å². The average Bonchev–Trinajstić information content (AvgIpc) is 2.84. The Labute approximate surface area is 128 Å². The van der Waals surface area contributed by atoms with Crippen molar-refractivity contribution in [2.24, 2.45) is 17.8 Å². The fourth-order valence-electron chi connectivity index (χ4n) is 4.09. The predicted molar refractivity (Wildman–Crippen MR) is 84.5 cm³/mol. The summed E-state index contributed by atoms with van der Waals surface area (Å²) in [6.45, 7) is 0. The molecule has 0 aliphatic heterocycles. The Morgan fingerprint density at radius 1 is 1.21 bits per heavy atom. The van der Waals surface area contributed by atoms with Gasteiger partial charge in [0.05, 0.1) is 6.10 Å². The number of aliphatic hydroxyl groups is 1. The molecule has 1 nitrogen and oxygen atoms in total. The summed E-state index contributed by atoms with van der Waals surface area (Å²) in [7, 11) is 0. The molecule has 0 aromatic carbocycles. The molecule has 1 heterocycles. The highest BCUT2D eigenvalue weighted by Crippen LogP contribution is 2.44. The Morgan fingerprint density at radius 3 is 2.74 bits per heavy atom. The van der Waals surface area contributed by atoms with Gasteiger partial charge in [0, 0.05) is 15.8 Å². The Kier molecular flexibility index (Phi) is 4.66. The highest BCUT2D eigenvalue weighted by atomic mass is 79.9. The third-order valence-corrected chi connectivity index (χ3v) is 7.16. The summed E-state index contributed by atoms with van der Waals surface area (Å²) >= 11 is 5.33. The van der Waals surface area contributed by atoms with Gasteiger partial charge in [0.25, 0.3) is 0 Å². The Bertz CT molecular complexity index is 417. The van der Waals surface area contributed by atoms with E-state index in [1.165, 1.54) is 54.3 Å². The van der Waals surface area contributed by atoms with Crippen molar-refractivity contribution in [3.05, 3.63) is 20.8 Å². The van der Waals surface area contributed by atoms with Crippen molar-refractivity contribution in [3.8, 4) is 0 Å². The molecular weight excluding hydrogens is 320 g/mol. The smallest absolute Gasteiger partial charge is 0.0617 e. The molecule has 4 unspecified atom stereocenters. The van der Waals surface area contributed by atoms with Gasteiger partial charge in [-0.05, 0) is 64.4 Å². The maximum atomic E-state index is 10.5. The molecule has 4 atom stereocenters. The lowest BCUT2D eigenvalue weighted by molar-refractivity contribution is 0.0364. The van der Waals surface area contributed by atoms with Crippen molar-refractivity contribution in [2.45, 2.75) is 57.5 Å². The molecule has 0 saturated heterocycles. The molecule has 3 rings (SSSR count). The summed E-state index contributed by atoms with van der Waals surface area (Å²) in [5.41, 5.74) is 0. The zero-order chi connectivity index (χ0) is 13.2. The van der Waals surface area contributed by atoms with E-state index < -0.39 is 0 Å². The molecule has 0 amide bonds. The van der Waals surface area contributed by atoms with Gasteiger partial charge in [0.1, 0.15) is 0 Å². The van der Waals surface area contributed by atoms with Gasteiger partial charge < -0.3 is 5.11 Å². The zero-order valence-corrected chi connectivity index (χ0v) is 13.8. The SMILES string of the molecule is OC(Cc1sccc1Br)C1CCC2CCCCC2C1. The topological polar surface area (TPSA) is 20.2 Å². The van der Waals surface area contributed by atoms with Crippen molar-refractivity contribution < 1.29 is 5.11 Å². The van der Waals surface area contributed by atoms with Crippen LogP contribution in [-0.4, -0.2) is 11.2 Å². The minimum absolute atomic E-state index is 0.141. The van der Waals surface area contributed by atoms with Crippen LogP contribution in [0.5, 0.6) is 0 Å². The first-order valence-electron chi connectivity index (χ1n) is 7.64. The van der Waals surface area contributed by atoms with Gasteiger partial charge >= 0.3 is 0 Å². The number of aliphatic hydroxyl groups excluding tert-OH is 1. The van der Waals surface area contributed by atoms with Crippen LogP contribution in [0.15, 0.2) is 15.9 Å². The first-order chi connectivity index (χ1) is 9.24. The molecule has 3 heteroatoms. The van der Waals surface area contributed by atoms with Gasteiger partial charge in [0.2, 0.25) is 0 Å². The third-order valence-electron chi connectivity index (χ3n) is 5.21. The third kappa shape index (κ3) is 3.25. The molecule has 2 aliphatic rings. The van der Waals surface area contributed by atoms with Crippen LogP contribution in [-0.2, 0) is 6.42 Å². The van der Waals surface area contributed by atoms with Crippen molar-refractivity contribution >= 4 is 27.3 Å². The summed E-state index contributed by atoms with van der Waals surface area (Å²) in [5, 5.41) is 12.6. The van der Waals surface area contributed by atoms with E-state index in [-0.39, 0.29) is 6.10 Å². The molecule has 2 saturated carbocycles. The molecule has 0 radical (unpaired) electrons. The minimum Gasteiger partial charge on any atom is -0.392 e. The molecule has 1 aromatic heterocycles. The minimum atomic E-state index is -0.141. The second-order valence-corrected chi connectivity index (χ2v) is 8.20. The number of hydrogen-bond acceptors (Lipinski definition) is 2. The van der Waals surface area contributed by atoms with E-state index in [2.05, 4.69) is 27.4 Å². The summed E-state index contributed by atoms with van der Waals surface area (Å²) in [6, 6.07) is 2.09. The Morgan fingerprint density at radius 2 is 2.00 bits per heavy atom. The second-order valence-electron chi connectivity index (χ2n) is 6.34. The van der Waals surface area contributed by atoms with E-state index in [1.807, 2.05) is 0 Å². The van der Waals surface area contributed by atoms with Crippen molar-refractivity contribution in [1.29, 1.82) is 0 Å². The largest absolute Gasteiger partial charge is 0.392 e. The maximum absolute atomic E-state index is 10.5. The molecule has 1 aromatic rings. The predicted octanol–water partition coefficient (Wildman–Crippen LogP) is 5.02. The lowest BCUT2D eigenvalue weighted by Crippen LogP contribution is -2.34. The molecule has 0 bridgehead atoms. The lowest BCUT2D eigenvalue weighted by atomic mass is 9.66. The highest BCUT2D eigenvalue weighted by Gasteiger charge is 2.35. The summed E-state index contributed by atoms with van der Waals surface area (Å²) in [5.74, 6) is 2.42. The number of thiophene rings is 1. The number of fused-ring (bicyclic) bond motifs is 1. The van der Waals surface area contributed by atoms with Crippen molar-refractivity contribution in [3.63, 3.8) is 0 Å². The fraction of sp³-hybridized carbons (Fsp3) is 0.750. The molecule has 2 aliphatic carbocycles. The molecule has 0 spiro atoms. The monoisotopic (exact) mass is 342 g/mol. The summed E-state index contributed by atoms with van der Waals surface area (Å²) in [4.78, 5) is 1.30. The van der Waals surface area contributed by atoms with E-state index >= 15 is 0 Å². The van der Waals surface area contributed by atoms with E-state index in [4.69, 9.17) is 0 Å². The normalized spacial score (nSPS) is 32.8. The van der Waals surface area contributed by atoms with Crippen LogP contribution in [0.3, 0.4) is 0 Å². The quantitative estimate of drug-likeness (QED) is 0.817. The molecule has 106 valence electrons. The van der Waals surface area contributed by atoms with E-state index in [0.717, 1.165) is 18.3 Å². The molecule has 19 heavy (non-hydrogen) atoms. The van der Waals surface area contributed by atoms with E-state index in [9.17, 15) is 5.11 Å². The first-order valence-corrected chi connectivity index (χ1v) is 9.31. The second kappa shape index (κ2) is 6.28. The van der Waals surface area contributed by atoms with Gasteiger partial charge in [-0.2, -0.15) is 0 Å². The van der Waals surface area contributed by atoms with Gasteiger partial charge in [0.15, 0.2) is 0 Å². The zero-order valence-electron chi connectivity index (χ0n) is 11.4. The van der Waals surface area contributed by atoms with Crippen LogP contribution in [0, 0.1) is 17.8 Å². The van der Waals surface area contributed by atoms with Crippen molar-refractivity contribution in [2.75, 3.05) is 0 Å². The lowest BCUT2D eigenvalue weighted by Gasteiger charge is -2.40. The number of rotatable bonds is 3. The standard InChI is InChI=1S/C16H23BrOS/c17-14-7-8-19-16(14)10-15(18)13-6-5-11-3-1-2-4-12(11)9-13/h7-8,11-13,15,18H,1-6,9-10H2.